The molecule has 104 valence electrons. The molecule has 1 fully saturated rings. The number of aryl methyl sites for hydroxylation is 1. The molecule has 1 aliphatic rings. The molecule has 4 nitrogen and oxygen atoms in total. The van der Waals surface area contributed by atoms with Gasteiger partial charge in [-0.3, -0.25) is 4.79 Å². The number of benzene rings is 1. The van der Waals surface area contributed by atoms with E-state index in [9.17, 15) is 4.79 Å². The van der Waals surface area contributed by atoms with Crippen LogP contribution in [0.2, 0.25) is 0 Å². The minimum absolute atomic E-state index is 0.0686. The predicted molar refractivity (Wildman–Crippen MR) is 75.4 cm³/mol. The maximum atomic E-state index is 11.9. The van der Waals surface area contributed by atoms with Crippen molar-refractivity contribution >= 4 is 5.91 Å². The number of hydrogen-bond acceptors (Lipinski definition) is 3. The molecule has 1 heterocycles. The van der Waals surface area contributed by atoms with Crippen molar-refractivity contribution in [3.8, 4) is 5.75 Å². The van der Waals surface area contributed by atoms with E-state index in [1.807, 2.05) is 17.0 Å². The van der Waals surface area contributed by atoms with Crippen LogP contribution in [0, 0.1) is 0 Å². The zero-order valence-electron chi connectivity index (χ0n) is 11.5. The van der Waals surface area contributed by atoms with Gasteiger partial charge in [-0.15, -0.1) is 0 Å². The van der Waals surface area contributed by atoms with E-state index >= 15 is 0 Å². The van der Waals surface area contributed by atoms with E-state index < -0.39 is 0 Å². The van der Waals surface area contributed by atoms with Crippen molar-refractivity contribution in [2.24, 2.45) is 0 Å². The van der Waals surface area contributed by atoms with Crippen LogP contribution in [-0.2, 0) is 11.2 Å². The molecular weight excluding hydrogens is 240 g/mol. The maximum Gasteiger partial charge on any atom is 0.260 e. The van der Waals surface area contributed by atoms with Crippen molar-refractivity contribution < 1.29 is 9.53 Å². The molecular formula is C15H22N2O2. The Morgan fingerprint density at radius 3 is 2.58 bits per heavy atom. The molecule has 0 radical (unpaired) electrons. The number of rotatable bonds is 5. The molecule has 1 saturated heterocycles. The molecule has 0 bridgehead atoms. The van der Waals surface area contributed by atoms with E-state index in [-0.39, 0.29) is 12.5 Å². The number of hydrogen-bond donors (Lipinski definition) is 1. The summed E-state index contributed by atoms with van der Waals surface area (Å²) in [5, 5.41) is 3.23. The van der Waals surface area contributed by atoms with E-state index in [1.165, 1.54) is 5.56 Å². The average molecular weight is 262 g/mol. The van der Waals surface area contributed by atoms with Crippen LogP contribution in [0.25, 0.3) is 0 Å². The van der Waals surface area contributed by atoms with E-state index in [2.05, 4.69) is 24.4 Å². The fraction of sp³-hybridized carbons (Fsp3) is 0.533. The molecule has 2 rings (SSSR count). The Morgan fingerprint density at radius 2 is 1.95 bits per heavy atom. The van der Waals surface area contributed by atoms with Crippen molar-refractivity contribution in [3.63, 3.8) is 0 Å². The lowest BCUT2D eigenvalue weighted by Gasteiger charge is -2.27. The Bertz CT molecular complexity index is 397. The number of carbonyl (C=O) groups excluding carboxylic acids is 1. The summed E-state index contributed by atoms with van der Waals surface area (Å²) in [7, 11) is 0. The van der Waals surface area contributed by atoms with Gasteiger partial charge in [-0.2, -0.15) is 0 Å². The smallest absolute Gasteiger partial charge is 0.260 e. The van der Waals surface area contributed by atoms with E-state index in [4.69, 9.17) is 4.74 Å². The molecule has 19 heavy (non-hydrogen) atoms. The molecule has 0 atom stereocenters. The van der Waals surface area contributed by atoms with Gasteiger partial charge in [0.05, 0.1) is 0 Å². The van der Waals surface area contributed by atoms with Gasteiger partial charge in [0.2, 0.25) is 0 Å². The highest BCUT2D eigenvalue weighted by Crippen LogP contribution is 2.13. The summed E-state index contributed by atoms with van der Waals surface area (Å²) in [5.74, 6) is 0.836. The Balaban J connectivity index is 1.79. The van der Waals surface area contributed by atoms with Gasteiger partial charge in [0, 0.05) is 26.2 Å². The van der Waals surface area contributed by atoms with E-state index in [1.54, 1.807) is 0 Å². The molecule has 0 aliphatic carbocycles. The summed E-state index contributed by atoms with van der Waals surface area (Å²) in [6.45, 7) is 5.59. The Hall–Kier alpha value is -1.55. The summed E-state index contributed by atoms with van der Waals surface area (Å²) in [6, 6.07) is 8.01. The third kappa shape index (κ3) is 4.24. The van der Waals surface area contributed by atoms with Crippen LogP contribution in [-0.4, -0.2) is 43.6 Å². The van der Waals surface area contributed by atoms with E-state index in [0.29, 0.717) is 0 Å². The summed E-state index contributed by atoms with van der Waals surface area (Å²) in [5.41, 5.74) is 1.31. The minimum atomic E-state index is 0.0686. The zero-order valence-corrected chi connectivity index (χ0v) is 11.5. The molecule has 1 aromatic rings. The van der Waals surface area contributed by atoms with Gasteiger partial charge in [-0.05, 0) is 24.1 Å². The van der Waals surface area contributed by atoms with Crippen molar-refractivity contribution in [2.45, 2.75) is 19.8 Å². The van der Waals surface area contributed by atoms with Gasteiger partial charge < -0.3 is 15.0 Å². The average Bonchev–Trinajstić information content (AvgIpc) is 2.47. The van der Waals surface area contributed by atoms with Gasteiger partial charge >= 0.3 is 0 Å². The first kappa shape index (κ1) is 13.9. The number of piperazine rings is 1. The first-order chi connectivity index (χ1) is 9.29. The van der Waals surface area contributed by atoms with Gasteiger partial charge in [0.15, 0.2) is 6.61 Å². The second-order valence-corrected chi connectivity index (χ2v) is 4.81. The number of carbonyl (C=O) groups is 1. The van der Waals surface area contributed by atoms with Crippen molar-refractivity contribution in [2.75, 3.05) is 32.8 Å². The number of nitrogens with zero attached hydrogens (tertiary/aromatic N) is 1. The molecule has 1 aromatic carbocycles. The Kier molecular flexibility index (Phi) is 5.21. The maximum absolute atomic E-state index is 11.9. The lowest BCUT2D eigenvalue weighted by Crippen LogP contribution is -2.47. The number of nitrogens with one attached hydrogen (secondary N) is 1. The van der Waals surface area contributed by atoms with Crippen LogP contribution in [0.5, 0.6) is 5.75 Å². The third-order valence-corrected chi connectivity index (χ3v) is 3.29. The molecule has 1 amide bonds. The van der Waals surface area contributed by atoms with Crippen molar-refractivity contribution in [1.29, 1.82) is 0 Å². The Labute approximate surface area is 114 Å². The van der Waals surface area contributed by atoms with Crippen LogP contribution in [0.1, 0.15) is 18.9 Å². The summed E-state index contributed by atoms with van der Waals surface area (Å²) in [4.78, 5) is 13.8. The SMILES string of the molecule is CCCc1ccc(OCC(=O)N2CCNCC2)cc1. The first-order valence-corrected chi connectivity index (χ1v) is 7.00. The second-order valence-electron chi connectivity index (χ2n) is 4.81. The lowest BCUT2D eigenvalue weighted by atomic mass is 10.1. The summed E-state index contributed by atoms with van der Waals surface area (Å²) >= 11 is 0. The first-order valence-electron chi connectivity index (χ1n) is 7.00. The minimum Gasteiger partial charge on any atom is -0.484 e. The van der Waals surface area contributed by atoms with Crippen molar-refractivity contribution in [3.05, 3.63) is 29.8 Å². The normalized spacial score (nSPS) is 15.3. The topological polar surface area (TPSA) is 41.6 Å². The molecule has 4 heteroatoms. The molecule has 0 aromatic heterocycles. The van der Waals surface area contributed by atoms with Gasteiger partial charge in [0.1, 0.15) is 5.75 Å². The van der Waals surface area contributed by atoms with Crippen molar-refractivity contribution in [1.82, 2.24) is 10.2 Å². The molecule has 0 saturated carbocycles. The second kappa shape index (κ2) is 7.14. The monoisotopic (exact) mass is 262 g/mol. The largest absolute Gasteiger partial charge is 0.484 e. The van der Waals surface area contributed by atoms with Crippen LogP contribution in [0.4, 0.5) is 0 Å². The zero-order chi connectivity index (χ0) is 13.5. The highest BCUT2D eigenvalue weighted by atomic mass is 16.5. The third-order valence-electron chi connectivity index (χ3n) is 3.29. The molecule has 1 N–H and O–H groups in total. The fourth-order valence-electron chi connectivity index (χ4n) is 2.19. The number of amides is 1. The van der Waals surface area contributed by atoms with Gasteiger partial charge in [-0.1, -0.05) is 25.5 Å². The van der Waals surface area contributed by atoms with Crippen LogP contribution in [0.15, 0.2) is 24.3 Å². The summed E-state index contributed by atoms with van der Waals surface area (Å²) in [6.07, 6.45) is 2.22. The molecule has 0 spiro atoms. The highest BCUT2D eigenvalue weighted by molar-refractivity contribution is 5.77. The Morgan fingerprint density at radius 1 is 1.26 bits per heavy atom. The number of ether oxygens (including phenoxy) is 1. The van der Waals surface area contributed by atoms with Crippen LogP contribution >= 0.6 is 0 Å². The quantitative estimate of drug-likeness (QED) is 0.873. The molecule has 1 aliphatic heterocycles. The van der Waals surface area contributed by atoms with Gasteiger partial charge in [0.25, 0.3) is 5.91 Å². The lowest BCUT2D eigenvalue weighted by molar-refractivity contribution is -0.133. The highest BCUT2D eigenvalue weighted by Gasteiger charge is 2.16. The summed E-state index contributed by atoms with van der Waals surface area (Å²) < 4.78 is 5.54. The van der Waals surface area contributed by atoms with Crippen LogP contribution in [0.3, 0.4) is 0 Å². The van der Waals surface area contributed by atoms with Crippen LogP contribution < -0.4 is 10.1 Å². The predicted octanol–water partition coefficient (Wildman–Crippen LogP) is 1.45. The fourth-order valence-corrected chi connectivity index (χ4v) is 2.19. The van der Waals surface area contributed by atoms with Gasteiger partial charge in [-0.25, -0.2) is 0 Å². The van der Waals surface area contributed by atoms with E-state index in [0.717, 1.165) is 44.8 Å². The standard InChI is InChI=1S/C15H22N2O2/c1-2-3-13-4-6-14(7-5-13)19-12-15(18)17-10-8-16-9-11-17/h4-7,16H,2-3,8-12H2,1H3. The molecule has 0 unspecified atom stereocenters.